The van der Waals surface area contributed by atoms with Gasteiger partial charge in [-0.1, -0.05) is 18.2 Å². The van der Waals surface area contributed by atoms with Crippen LogP contribution in [-0.4, -0.2) is 40.5 Å². The van der Waals surface area contributed by atoms with Crippen LogP contribution in [0.4, 0.5) is 0 Å². The van der Waals surface area contributed by atoms with Crippen molar-refractivity contribution in [1.29, 1.82) is 0 Å². The first kappa shape index (κ1) is 16.2. The molecule has 1 aromatic heterocycles. The zero-order valence-electron chi connectivity index (χ0n) is 14.4. The minimum atomic E-state index is -0.185. The molecular weight excluding hydrogens is 314 g/mol. The van der Waals surface area contributed by atoms with E-state index in [9.17, 15) is 4.79 Å². The SMILES string of the molecule is O=C(Cc1ccc2c(c1)CCCC2)N1CCOC(c2cnccn2)C1. The third-order valence-electron chi connectivity index (χ3n) is 5.10. The number of aryl methyl sites for hydroxylation is 2. The minimum absolute atomic E-state index is 0.160. The normalized spacial score (nSPS) is 20.2. The van der Waals surface area contributed by atoms with Crippen molar-refractivity contribution >= 4 is 5.91 Å². The van der Waals surface area contributed by atoms with Crippen LogP contribution in [0.25, 0.3) is 0 Å². The standard InChI is InChI=1S/C20H23N3O2/c24-20(12-15-5-6-16-3-1-2-4-17(16)11-15)23-9-10-25-19(14-23)18-13-21-7-8-22-18/h5-8,11,13,19H,1-4,9-10,12,14H2. The Labute approximate surface area is 148 Å². The summed E-state index contributed by atoms with van der Waals surface area (Å²) in [5.74, 6) is 0.160. The molecule has 0 N–H and O–H groups in total. The maximum atomic E-state index is 12.7. The molecular formula is C20H23N3O2. The van der Waals surface area contributed by atoms with Crippen LogP contribution in [0.5, 0.6) is 0 Å². The predicted molar refractivity (Wildman–Crippen MR) is 94.1 cm³/mol. The van der Waals surface area contributed by atoms with Gasteiger partial charge < -0.3 is 9.64 Å². The highest BCUT2D eigenvalue weighted by atomic mass is 16.5. The molecule has 25 heavy (non-hydrogen) atoms. The molecule has 1 unspecified atom stereocenters. The lowest BCUT2D eigenvalue weighted by Crippen LogP contribution is -2.43. The molecule has 1 saturated heterocycles. The topological polar surface area (TPSA) is 55.3 Å². The number of fused-ring (bicyclic) bond motifs is 1. The van der Waals surface area contributed by atoms with Crippen LogP contribution >= 0.6 is 0 Å². The van der Waals surface area contributed by atoms with Gasteiger partial charge in [0.15, 0.2) is 0 Å². The second kappa shape index (κ2) is 7.31. The van der Waals surface area contributed by atoms with Crippen molar-refractivity contribution < 1.29 is 9.53 Å². The third kappa shape index (κ3) is 3.71. The fraction of sp³-hybridized carbons (Fsp3) is 0.450. The largest absolute Gasteiger partial charge is 0.368 e. The molecule has 1 aliphatic carbocycles. The molecule has 1 atom stereocenters. The molecule has 1 aromatic carbocycles. The van der Waals surface area contributed by atoms with Crippen LogP contribution in [0.3, 0.4) is 0 Å². The van der Waals surface area contributed by atoms with Crippen molar-refractivity contribution in [2.75, 3.05) is 19.7 Å². The van der Waals surface area contributed by atoms with Crippen LogP contribution in [-0.2, 0) is 28.8 Å². The average Bonchev–Trinajstić information content (AvgIpc) is 2.69. The Balaban J connectivity index is 1.42. The van der Waals surface area contributed by atoms with E-state index in [0.717, 1.165) is 17.7 Å². The van der Waals surface area contributed by atoms with Gasteiger partial charge in [-0.2, -0.15) is 0 Å². The van der Waals surface area contributed by atoms with Gasteiger partial charge in [0, 0.05) is 18.9 Å². The van der Waals surface area contributed by atoms with E-state index in [1.165, 1.54) is 30.4 Å². The predicted octanol–water partition coefficient (Wildman–Crippen LogP) is 2.50. The van der Waals surface area contributed by atoms with E-state index in [1.54, 1.807) is 18.6 Å². The molecule has 0 bridgehead atoms. The molecule has 2 aromatic rings. The second-order valence-electron chi connectivity index (χ2n) is 6.82. The number of amides is 1. The summed E-state index contributed by atoms with van der Waals surface area (Å²) < 4.78 is 5.77. The van der Waals surface area contributed by atoms with Gasteiger partial charge in [-0.05, 0) is 42.4 Å². The van der Waals surface area contributed by atoms with E-state index in [1.807, 2.05) is 4.90 Å². The zero-order chi connectivity index (χ0) is 17.1. The Morgan fingerprint density at radius 3 is 2.92 bits per heavy atom. The first-order chi connectivity index (χ1) is 12.3. The Hall–Kier alpha value is -2.27. The van der Waals surface area contributed by atoms with Crippen LogP contribution in [0.15, 0.2) is 36.8 Å². The lowest BCUT2D eigenvalue weighted by molar-refractivity contribution is -0.138. The molecule has 1 fully saturated rings. The highest BCUT2D eigenvalue weighted by Crippen LogP contribution is 2.24. The number of carbonyl (C=O) groups excluding carboxylic acids is 1. The van der Waals surface area contributed by atoms with Crippen molar-refractivity contribution in [2.45, 2.75) is 38.2 Å². The molecule has 5 nitrogen and oxygen atoms in total. The smallest absolute Gasteiger partial charge is 0.227 e. The second-order valence-corrected chi connectivity index (χ2v) is 6.82. The van der Waals surface area contributed by atoms with Gasteiger partial charge in [0.05, 0.1) is 31.5 Å². The number of carbonyl (C=O) groups is 1. The lowest BCUT2D eigenvalue weighted by Gasteiger charge is -2.32. The number of hydrogen-bond donors (Lipinski definition) is 0. The minimum Gasteiger partial charge on any atom is -0.368 e. The number of rotatable bonds is 3. The molecule has 130 valence electrons. The molecule has 1 amide bonds. The summed E-state index contributed by atoms with van der Waals surface area (Å²) in [6.07, 6.45) is 10.1. The summed E-state index contributed by atoms with van der Waals surface area (Å²) in [5, 5.41) is 0. The van der Waals surface area contributed by atoms with Crippen molar-refractivity contribution in [3.63, 3.8) is 0 Å². The Bertz CT molecular complexity index is 748. The number of nitrogens with zero attached hydrogens (tertiary/aromatic N) is 3. The molecule has 5 heteroatoms. The van der Waals surface area contributed by atoms with Gasteiger partial charge in [0.1, 0.15) is 6.10 Å². The summed E-state index contributed by atoms with van der Waals surface area (Å²) in [6, 6.07) is 6.55. The summed E-state index contributed by atoms with van der Waals surface area (Å²) in [6.45, 7) is 1.72. The van der Waals surface area contributed by atoms with E-state index >= 15 is 0 Å². The van der Waals surface area contributed by atoms with E-state index in [0.29, 0.717) is 26.1 Å². The first-order valence-corrected chi connectivity index (χ1v) is 9.05. The monoisotopic (exact) mass is 337 g/mol. The van der Waals surface area contributed by atoms with Gasteiger partial charge in [0.25, 0.3) is 0 Å². The molecule has 0 spiro atoms. The Morgan fingerprint density at radius 2 is 2.08 bits per heavy atom. The van der Waals surface area contributed by atoms with E-state index < -0.39 is 0 Å². The molecule has 2 aliphatic rings. The summed E-state index contributed by atoms with van der Waals surface area (Å²) in [7, 11) is 0. The van der Waals surface area contributed by atoms with Crippen molar-refractivity contribution in [2.24, 2.45) is 0 Å². The highest BCUT2D eigenvalue weighted by Gasteiger charge is 2.26. The van der Waals surface area contributed by atoms with Crippen molar-refractivity contribution in [3.8, 4) is 0 Å². The average molecular weight is 337 g/mol. The quantitative estimate of drug-likeness (QED) is 0.863. The van der Waals surface area contributed by atoms with Gasteiger partial charge in [-0.15, -0.1) is 0 Å². The number of benzene rings is 1. The molecule has 2 heterocycles. The molecule has 1 aliphatic heterocycles. The van der Waals surface area contributed by atoms with Crippen LogP contribution in [0.1, 0.15) is 41.3 Å². The van der Waals surface area contributed by atoms with Gasteiger partial charge >= 0.3 is 0 Å². The van der Waals surface area contributed by atoms with Crippen molar-refractivity contribution in [1.82, 2.24) is 14.9 Å². The number of aromatic nitrogens is 2. The highest BCUT2D eigenvalue weighted by molar-refractivity contribution is 5.79. The first-order valence-electron chi connectivity index (χ1n) is 9.05. The van der Waals surface area contributed by atoms with Gasteiger partial charge in [-0.25, -0.2) is 0 Å². The maximum absolute atomic E-state index is 12.7. The van der Waals surface area contributed by atoms with Gasteiger partial charge in [0.2, 0.25) is 5.91 Å². The maximum Gasteiger partial charge on any atom is 0.227 e. The van der Waals surface area contributed by atoms with Crippen LogP contribution in [0, 0.1) is 0 Å². The molecule has 0 radical (unpaired) electrons. The lowest BCUT2D eigenvalue weighted by atomic mass is 9.90. The summed E-state index contributed by atoms with van der Waals surface area (Å²) >= 11 is 0. The fourth-order valence-electron chi connectivity index (χ4n) is 3.71. The fourth-order valence-corrected chi connectivity index (χ4v) is 3.71. The number of hydrogen-bond acceptors (Lipinski definition) is 4. The number of ether oxygens (including phenoxy) is 1. The Morgan fingerprint density at radius 1 is 1.20 bits per heavy atom. The van der Waals surface area contributed by atoms with Crippen LogP contribution < -0.4 is 0 Å². The van der Waals surface area contributed by atoms with E-state index in [4.69, 9.17) is 4.74 Å². The summed E-state index contributed by atoms with van der Waals surface area (Å²) in [4.78, 5) is 23.0. The molecule has 4 rings (SSSR count). The Kier molecular flexibility index (Phi) is 4.74. The third-order valence-corrected chi connectivity index (χ3v) is 5.10. The van der Waals surface area contributed by atoms with E-state index in [2.05, 4.69) is 28.2 Å². The summed E-state index contributed by atoms with van der Waals surface area (Å²) in [5.41, 5.74) is 4.79. The van der Waals surface area contributed by atoms with E-state index in [-0.39, 0.29) is 12.0 Å². The zero-order valence-corrected chi connectivity index (χ0v) is 14.4. The van der Waals surface area contributed by atoms with Crippen molar-refractivity contribution in [3.05, 3.63) is 59.2 Å². The number of morpholine rings is 1. The molecule has 0 saturated carbocycles. The van der Waals surface area contributed by atoms with Gasteiger partial charge in [-0.3, -0.25) is 14.8 Å². The van der Waals surface area contributed by atoms with Crippen LogP contribution in [0.2, 0.25) is 0 Å².